The van der Waals surface area contributed by atoms with E-state index in [2.05, 4.69) is 35.0 Å². The number of aliphatic hydroxyl groups is 1. The van der Waals surface area contributed by atoms with Crippen molar-refractivity contribution >= 4 is 15.9 Å². The third-order valence-electron chi connectivity index (χ3n) is 3.22. The van der Waals surface area contributed by atoms with E-state index in [1.165, 1.54) is 5.56 Å². The minimum absolute atomic E-state index is 0.432. The maximum Gasteiger partial charge on any atom is 0.0830 e. The fourth-order valence-corrected chi connectivity index (χ4v) is 2.47. The number of halogens is 1. The van der Waals surface area contributed by atoms with E-state index in [1.807, 2.05) is 36.4 Å². The van der Waals surface area contributed by atoms with Crippen LogP contribution in [0.3, 0.4) is 0 Å². The molecular weight excluding hydrogens is 300 g/mol. The van der Waals surface area contributed by atoms with Gasteiger partial charge < -0.3 is 5.11 Å². The monoisotopic (exact) mass is 318 g/mol. The fourth-order valence-electron chi connectivity index (χ4n) is 2.21. The number of hydrogen-bond donors (Lipinski definition) is 1. The van der Waals surface area contributed by atoms with Gasteiger partial charge in [-0.3, -0.25) is 0 Å². The molecule has 0 aliphatic carbocycles. The molecule has 2 aromatic rings. The molecule has 1 nitrogen and oxygen atoms in total. The smallest absolute Gasteiger partial charge is 0.0830 e. The van der Waals surface area contributed by atoms with Crippen molar-refractivity contribution in [3.63, 3.8) is 0 Å². The molecule has 0 fully saturated rings. The second kappa shape index (κ2) is 6.88. The number of hydrogen-bond acceptors (Lipinski definition) is 1. The minimum atomic E-state index is -0.432. The third kappa shape index (κ3) is 4.19. The largest absolute Gasteiger partial charge is 0.388 e. The van der Waals surface area contributed by atoms with Gasteiger partial charge in [0.2, 0.25) is 0 Å². The van der Waals surface area contributed by atoms with E-state index in [0.717, 1.165) is 28.4 Å². The normalized spacial score (nSPS) is 12.4. The van der Waals surface area contributed by atoms with Gasteiger partial charge >= 0.3 is 0 Å². The Hall–Kier alpha value is -1.12. The van der Waals surface area contributed by atoms with Crippen LogP contribution in [0.25, 0.3) is 0 Å². The lowest BCUT2D eigenvalue weighted by Gasteiger charge is -2.12. The molecule has 2 heteroatoms. The molecule has 0 saturated heterocycles. The first-order chi connectivity index (χ1) is 9.19. The standard InChI is InChI=1S/C17H19BrO/c1-2-4-13-5-3-6-15(11-13)17(19)12-14-7-9-16(18)10-8-14/h3,5-11,17,19H,2,4,12H2,1H3. The van der Waals surface area contributed by atoms with Crippen molar-refractivity contribution in [2.45, 2.75) is 32.3 Å². The summed E-state index contributed by atoms with van der Waals surface area (Å²) in [5.41, 5.74) is 3.46. The summed E-state index contributed by atoms with van der Waals surface area (Å²) in [4.78, 5) is 0. The van der Waals surface area contributed by atoms with Gasteiger partial charge in [0, 0.05) is 10.9 Å². The average molecular weight is 319 g/mol. The van der Waals surface area contributed by atoms with Crippen LogP contribution < -0.4 is 0 Å². The maximum absolute atomic E-state index is 10.3. The lowest BCUT2D eigenvalue weighted by molar-refractivity contribution is 0.178. The van der Waals surface area contributed by atoms with E-state index in [4.69, 9.17) is 0 Å². The molecule has 0 aromatic heterocycles. The molecular formula is C17H19BrO. The van der Waals surface area contributed by atoms with Gasteiger partial charge in [-0.1, -0.05) is 65.7 Å². The first kappa shape index (κ1) is 14.3. The van der Waals surface area contributed by atoms with Gasteiger partial charge in [0.15, 0.2) is 0 Å². The first-order valence-corrected chi connectivity index (χ1v) is 7.49. The summed E-state index contributed by atoms with van der Waals surface area (Å²) in [7, 11) is 0. The molecule has 19 heavy (non-hydrogen) atoms. The second-order valence-corrected chi connectivity index (χ2v) is 5.76. The molecule has 100 valence electrons. The second-order valence-electron chi connectivity index (χ2n) is 4.84. The van der Waals surface area contributed by atoms with Gasteiger partial charge in [-0.2, -0.15) is 0 Å². The van der Waals surface area contributed by atoms with Gasteiger partial charge in [0.1, 0.15) is 0 Å². The van der Waals surface area contributed by atoms with Crippen molar-refractivity contribution < 1.29 is 5.11 Å². The summed E-state index contributed by atoms with van der Waals surface area (Å²) in [5.74, 6) is 0. The zero-order chi connectivity index (χ0) is 13.7. The van der Waals surface area contributed by atoms with Crippen molar-refractivity contribution in [3.05, 3.63) is 69.7 Å². The van der Waals surface area contributed by atoms with Crippen LogP contribution >= 0.6 is 15.9 Å². The summed E-state index contributed by atoms with van der Waals surface area (Å²) in [6.07, 6.45) is 2.42. The minimum Gasteiger partial charge on any atom is -0.388 e. The van der Waals surface area contributed by atoms with Gasteiger partial charge in [0.05, 0.1) is 6.10 Å². The van der Waals surface area contributed by atoms with Gasteiger partial charge in [-0.05, 0) is 35.2 Å². The van der Waals surface area contributed by atoms with Crippen LogP contribution in [-0.2, 0) is 12.8 Å². The number of aliphatic hydroxyl groups excluding tert-OH is 1. The Bertz CT molecular complexity index is 519. The first-order valence-electron chi connectivity index (χ1n) is 6.70. The average Bonchev–Trinajstić information content (AvgIpc) is 2.42. The number of aryl methyl sites for hydroxylation is 1. The van der Waals surface area contributed by atoms with Crippen LogP contribution in [0.2, 0.25) is 0 Å². The highest BCUT2D eigenvalue weighted by molar-refractivity contribution is 9.10. The van der Waals surface area contributed by atoms with Gasteiger partial charge in [-0.15, -0.1) is 0 Å². The van der Waals surface area contributed by atoms with Crippen LogP contribution in [0.15, 0.2) is 53.0 Å². The van der Waals surface area contributed by atoms with Crippen molar-refractivity contribution in [1.82, 2.24) is 0 Å². The molecule has 1 unspecified atom stereocenters. The molecule has 1 N–H and O–H groups in total. The quantitative estimate of drug-likeness (QED) is 0.848. The zero-order valence-electron chi connectivity index (χ0n) is 11.1. The van der Waals surface area contributed by atoms with Crippen LogP contribution in [0.1, 0.15) is 36.1 Å². The zero-order valence-corrected chi connectivity index (χ0v) is 12.7. The third-order valence-corrected chi connectivity index (χ3v) is 3.75. The maximum atomic E-state index is 10.3. The molecule has 0 radical (unpaired) electrons. The van der Waals surface area contributed by atoms with Gasteiger partial charge in [0.25, 0.3) is 0 Å². The molecule has 1 atom stereocenters. The summed E-state index contributed by atoms with van der Waals surface area (Å²) in [6.45, 7) is 2.17. The summed E-state index contributed by atoms with van der Waals surface area (Å²) >= 11 is 3.42. The molecule has 0 amide bonds. The Kier molecular flexibility index (Phi) is 5.17. The number of benzene rings is 2. The highest BCUT2D eigenvalue weighted by atomic mass is 79.9. The Balaban J connectivity index is 2.08. The summed E-state index contributed by atoms with van der Waals surface area (Å²) < 4.78 is 1.07. The van der Waals surface area contributed by atoms with E-state index in [-0.39, 0.29) is 0 Å². The van der Waals surface area contributed by atoms with Crippen molar-refractivity contribution in [1.29, 1.82) is 0 Å². The molecule has 0 spiro atoms. The molecule has 0 saturated carbocycles. The van der Waals surface area contributed by atoms with Crippen molar-refractivity contribution in [2.24, 2.45) is 0 Å². The molecule has 0 aliphatic rings. The van der Waals surface area contributed by atoms with Crippen LogP contribution in [0, 0.1) is 0 Å². The van der Waals surface area contributed by atoms with E-state index >= 15 is 0 Å². The van der Waals surface area contributed by atoms with Crippen molar-refractivity contribution in [2.75, 3.05) is 0 Å². The highest BCUT2D eigenvalue weighted by Gasteiger charge is 2.09. The lowest BCUT2D eigenvalue weighted by atomic mass is 9.98. The Labute approximate surface area is 123 Å². The van der Waals surface area contributed by atoms with Crippen LogP contribution in [0.4, 0.5) is 0 Å². The predicted molar refractivity (Wildman–Crippen MR) is 83.2 cm³/mol. The van der Waals surface area contributed by atoms with Crippen LogP contribution in [0.5, 0.6) is 0 Å². The van der Waals surface area contributed by atoms with Crippen LogP contribution in [-0.4, -0.2) is 5.11 Å². The molecule has 0 heterocycles. The van der Waals surface area contributed by atoms with Crippen molar-refractivity contribution in [3.8, 4) is 0 Å². The van der Waals surface area contributed by atoms with E-state index in [0.29, 0.717) is 6.42 Å². The van der Waals surface area contributed by atoms with E-state index in [9.17, 15) is 5.11 Å². The van der Waals surface area contributed by atoms with E-state index < -0.39 is 6.10 Å². The summed E-state index contributed by atoms with van der Waals surface area (Å²) in [6, 6.07) is 16.4. The SMILES string of the molecule is CCCc1cccc(C(O)Cc2ccc(Br)cc2)c1. The fraction of sp³-hybridized carbons (Fsp3) is 0.294. The molecule has 2 aromatic carbocycles. The predicted octanol–water partition coefficient (Wildman–Crippen LogP) is 4.68. The Morgan fingerprint density at radius 2 is 1.79 bits per heavy atom. The molecule has 2 rings (SSSR count). The Morgan fingerprint density at radius 1 is 1.05 bits per heavy atom. The van der Waals surface area contributed by atoms with E-state index in [1.54, 1.807) is 0 Å². The lowest BCUT2D eigenvalue weighted by Crippen LogP contribution is -2.02. The number of rotatable bonds is 5. The summed E-state index contributed by atoms with van der Waals surface area (Å²) in [5, 5.41) is 10.3. The topological polar surface area (TPSA) is 20.2 Å². The highest BCUT2D eigenvalue weighted by Crippen LogP contribution is 2.21. The molecule has 0 bridgehead atoms. The Morgan fingerprint density at radius 3 is 2.47 bits per heavy atom. The van der Waals surface area contributed by atoms with Gasteiger partial charge in [-0.25, -0.2) is 0 Å². The molecule has 0 aliphatic heterocycles.